The van der Waals surface area contributed by atoms with Gasteiger partial charge in [-0.25, -0.2) is 4.79 Å². The maximum atomic E-state index is 12.2. The number of nitrogens with zero attached hydrogens (tertiary/aromatic N) is 1. The molecule has 0 saturated carbocycles. The second-order valence-electron chi connectivity index (χ2n) is 4.78. The first-order chi connectivity index (χ1) is 10.1. The van der Waals surface area contributed by atoms with Gasteiger partial charge in [-0.05, 0) is 40.9 Å². The van der Waals surface area contributed by atoms with E-state index in [0.29, 0.717) is 19.6 Å². The number of carbonyl (C=O) groups excluding carboxylic acids is 2. The summed E-state index contributed by atoms with van der Waals surface area (Å²) in [4.78, 5) is 26.6. The van der Waals surface area contributed by atoms with Gasteiger partial charge < -0.3 is 14.4 Å². The highest BCUT2D eigenvalue weighted by Gasteiger charge is 2.29. The number of carbonyl (C=O) groups is 2. The first kappa shape index (κ1) is 16.5. The average molecular weight is 376 g/mol. The van der Waals surface area contributed by atoms with Crippen LogP contribution >= 0.6 is 27.3 Å². The van der Waals surface area contributed by atoms with Gasteiger partial charge in [0.25, 0.3) is 0 Å². The molecule has 0 N–H and O–H groups in total. The Morgan fingerprint density at radius 3 is 3.00 bits per heavy atom. The Morgan fingerprint density at radius 1 is 1.52 bits per heavy atom. The first-order valence-electron chi connectivity index (χ1n) is 6.81. The molecule has 1 aliphatic heterocycles. The van der Waals surface area contributed by atoms with Crippen molar-refractivity contribution in [1.82, 2.24) is 4.90 Å². The zero-order valence-corrected chi connectivity index (χ0v) is 14.2. The predicted octanol–water partition coefficient (Wildman–Crippen LogP) is 2.23. The topological polar surface area (TPSA) is 55.8 Å². The number of aryl methyl sites for hydroxylation is 1. The molecule has 2 rings (SSSR count). The van der Waals surface area contributed by atoms with Crippen molar-refractivity contribution in [2.75, 3.05) is 26.8 Å². The van der Waals surface area contributed by atoms with Crippen LogP contribution in [0.1, 0.15) is 17.7 Å². The highest BCUT2D eigenvalue weighted by atomic mass is 79.9. The molecule has 0 aromatic carbocycles. The summed E-state index contributed by atoms with van der Waals surface area (Å²) in [5.74, 6) is -0.348. The number of rotatable bonds is 5. The number of halogens is 1. The van der Waals surface area contributed by atoms with Gasteiger partial charge in [0.05, 0.1) is 24.0 Å². The zero-order valence-electron chi connectivity index (χ0n) is 11.8. The van der Waals surface area contributed by atoms with Crippen molar-refractivity contribution in [3.63, 3.8) is 0 Å². The fraction of sp³-hybridized carbons (Fsp3) is 0.571. The van der Waals surface area contributed by atoms with Crippen molar-refractivity contribution in [2.24, 2.45) is 0 Å². The average Bonchev–Trinajstić information content (AvgIpc) is 2.92. The summed E-state index contributed by atoms with van der Waals surface area (Å²) in [6.45, 7) is 1.20. The van der Waals surface area contributed by atoms with E-state index in [2.05, 4.69) is 26.7 Å². The molecule has 1 fully saturated rings. The van der Waals surface area contributed by atoms with E-state index in [9.17, 15) is 9.59 Å². The number of morpholine rings is 1. The smallest absolute Gasteiger partial charge is 0.336 e. The summed E-state index contributed by atoms with van der Waals surface area (Å²) in [5, 5.41) is 0. The normalized spacial score (nSPS) is 18.6. The molecule has 1 atom stereocenters. The quantitative estimate of drug-likeness (QED) is 0.740. The lowest BCUT2D eigenvalue weighted by atomic mass is 10.2. The lowest BCUT2D eigenvalue weighted by Gasteiger charge is -2.31. The Bertz CT molecular complexity index is 505. The van der Waals surface area contributed by atoms with Crippen LogP contribution in [0.25, 0.3) is 0 Å². The molecule has 1 saturated heterocycles. The van der Waals surface area contributed by atoms with Crippen molar-refractivity contribution in [2.45, 2.75) is 25.4 Å². The predicted molar refractivity (Wildman–Crippen MR) is 83.3 cm³/mol. The fourth-order valence-electron chi connectivity index (χ4n) is 2.21. The van der Waals surface area contributed by atoms with Crippen molar-refractivity contribution in [1.29, 1.82) is 0 Å². The summed E-state index contributed by atoms with van der Waals surface area (Å²) in [7, 11) is 1.33. The van der Waals surface area contributed by atoms with Crippen LogP contribution in [0.3, 0.4) is 0 Å². The molecule has 0 aliphatic carbocycles. The number of methoxy groups -OCH3 is 1. The van der Waals surface area contributed by atoms with Gasteiger partial charge in [-0.15, -0.1) is 11.3 Å². The molecule has 116 valence electrons. The third kappa shape index (κ3) is 4.79. The molecule has 1 aromatic rings. The zero-order chi connectivity index (χ0) is 15.2. The van der Waals surface area contributed by atoms with Crippen molar-refractivity contribution in [3.05, 3.63) is 20.8 Å². The molecule has 1 aromatic heterocycles. The molecular weight excluding hydrogens is 358 g/mol. The molecule has 21 heavy (non-hydrogen) atoms. The highest BCUT2D eigenvalue weighted by Crippen LogP contribution is 2.23. The van der Waals surface area contributed by atoms with Gasteiger partial charge in [-0.1, -0.05) is 0 Å². The Morgan fingerprint density at radius 2 is 2.33 bits per heavy atom. The van der Waals surface area contributed by atoms with Crippen LogP contribution in [-0.4, -0.2) is 49.7 Å². The molecule has 5 nitrogen and oxygen atoms in total. The van der Waals surface area contributed by atoms with Gasteiger partial charge in [0.1, 0.15) is 0 Å². The Kier molecular flexibility index (Phi) is 6.20. The van der Waals surface area contributed by atoms with Crippen LogP contribution in [0.5, 0.6) is 0 Å². The van der Waals surface area contributed by atoms with Crippen LogP contribution in [0.15, 0.2) is 15.9 Å². The summed E-state index contributed by atoms with van der Waals surface area (Å²) in [6.07, 6.45) is 1.54. The maximum absolute atomic E-state index is 12.2. The minimum atomic E-state index is -0.652. The monoisotopic (exact) mass is 375 g/mol. The van der Waals surface area contributed by atoms with Gasteiger partial charge in [0, 0.05) is 17.8 Å². The number of thiophene rings is 1. The largest absolute Gasteiger partial charge is 0.467 e. The van der Waals surface area contributed by atoms with Gasteiger partial charge in [-0.2, -0.15) is 0 Å². The van der Waals surface area contributed by atoms with E-state index in [1.165, 1.54) is 12.0 Å². The molecule has 0 spiro atoms. The molecular formula is C14H18BrNO4S. The van der Waals surface area contributed by atoms with Crippen molar-refractivity contribution >= 4 is 39.1 Å². The van der Waals surface area contributed by atoms with E-state index < -0.39 is 12.1 Å². The summed E-state index contributed by atoms with van der Waals surface area (Å²) < 4.78 is 11.1. The van der Waals surface area contributed by atoms with Crippen molar-refractivity contribution < 1.29 is 19.1 Å². The lowest BCUT2D eigenvalue weighted by molar-refractivity contribution is -0.162. The minimum Gasteiger partial charge on any atom is -0.467 e. The van der Waals surface area contributed by atoms with Crippen molar-refractivity contribution in [3.8, 4) is 0 Å². The Hall–Kier alpha value is -0.920. The molecule has 7 heteroatoms. The molecule has 0 bridgehead atoms. The number of amides is 1. The van der Waals surface area contributed by atoms with Crippen LogP contribution in [0.2, 0.25) is 0 Å². The summed E-state index contributed by atoms with van der Waals surface area (Å²) in [6, 6.07) is 4.09. The Labute approximate surface area is 136 Å². The number of hydrogen-bond acceptors (Lipinski definition) is 5. The molecule has 0 radical (unpaired) electrons. The minimum absolute atomic E-state index is 0.0721. The maximum Gasteiger partial charge on any atom is 0.336 e. The van der Waals surface area contributed by atoms with E-state index in [4.69, 9.17) is 4.74 Å². The van der Waals surface area contributed by atoms with Crippen LogP contribution in [0.4, 0.5) is 0 Å². The summed E-state index contributed by atoms with van der Waals surface area (Å²) in [5.41, 5.74) is 0. The van der Waals surface area contributed by atoms with Gasteiger partial charge >= 0.3 is 5.97 Å². The van der Waals surface area contributed by atoms with Gasteiger partial charge in [0.15, 0.2) is 6.10 Å². The molecule has 1 amide bonds. The SMILES string of the molecule is COC(=O)C1CN(C(=O)CCCc2ccc(Br)s2)CCO1. The Balaban J connectivity index is 1.76. The standard InChI is InChI=1S/C14H18BrNO4S/c1-19-14(18)11-9-16(7-8-20-11)13(17)4-2-3-10-5-6-12(15)21-10/h5-6,11H,2-4,7-9H2,1H3. The van der Waals surface area contributed by atoms with E-state index in [-0.39, 0.29) is 12.5 Å². The van der Waals surface area contributed by atoms with Crippen LogP contribution in [-0.2, 0) is 25.5 Å². The number of hydrogen-bond donors (Lipinski definition) is 0. The van der Waals surface area contributed by atoms with Crippen LogP contribution < -0.4 is 0 Å². The fourth-order valence-corrected chi connectivity index (χ4v) is 3.73. The van der Waals surface area contributed by atoms with E-state index in [1.807, 2.05) is 6.07 Å². The molecule has 2 heterocycles. The number of ether oxygens (including phenoxy) is 2. The third-order valence-corrected chi connectivity index (χ3v) is 5.01. The van der Waals surface area contributed by atoms with E-state index >= 15 is 0 Å². The molecule has 1 unspecified atom stereocenters. The molecule has 1 aliphatic rings. The van der Waals surface area contributed by atoms with Crippen LogP contribution in [0, 0.1) is 0 Å². The summed E-state index contributed by atoms with van der Waals surface area (Å²) >= 11 is 5.12. The lowest BCUT2D eigenvalue weighted by Crippen LogP contribution is -2.48. The third-order valence-electron chi connectivity index (χ3n) is 3.33. The number of esters is 1. The first-order valence-corrected chi connectivity index (χ1v) is 8.42. The van der Waals surface area contributed by atoms with Gasteiger partial charge in [0.2, 0.25) is 5.91 Å². The second-order valence-corrected chi connectivity index (χ2v) is 7.33. The van der Waals surface area contributed by atoms with Gasteiger partial charge in [-0.3, -0.25) is 4.79 Å². The second kappa shape index (κ2) is 7.91. The highest BCUT2D eigenvalue weighted by molar-refractivity contribution is 9.11. The van der Waals surface area contributed by atoms with E-state index in [1.54, 1.807) is 16.2 Å². The van der Waals surface area contributed by atoms with E-state index in [0.717, 1.165) is 16.6 Å².